The molecule has 0 amide bonds. The molecular weight excluding hydrogens is 340 g/mol. The monoisotopic (exact) mass is 354 g/mol. The molecule has 5 N–H and O–H groups in total. The minimum atomic E-state index is -3.77. The Kier molecular flexibility index (Phi) is 3.29. The van der Waals surface area contributed by atoms with Crippen LogP contribution in [0.3, 0.4) is 0 Å². The third-order valence-corrected chi connectivity index (χ3v) is 5.36. The zero-order chi connectivity index (χ0) is 17.6. The van der Waals surface area contributed by atoms with Crippen LogP contribution in [0, 0.1) is 0 Å². The van der Waals surface area contributed by atoms with E-state index in [1.54, 1.807) is 48.7 Å². The number of pyridine rings is 1. The zero-order valence-corrected chi connectivity index (χ0v) is 13.7. The molecule has 0 saturated heterocycles. The molecule has 0 bridgehead atoms. The molecule has 0 fully saturated rings. The van der Waals surface area contributed by atoms with Gasteiger partial charge in [-0.25, -0.2) is 8.42 Å². The van der Waals surface area contributed by atoms with Crippen molar-refractivity contribution in [3.8, 4) is 0 Å². The van der Waals surface area contributed by atoms with Crippen molar-refractivity contribution >= 4 is 43.2 Å². The first-order valence-electron chi connectivity index (χ1n) is 7.45. The Bertz CT molecular complexity index is 1250. The molecule has 4 aromatic rings. The molecule has 2 aromatic carbocycles. The van der Waals surface area contributed by atoms with Crippen LogP contribution in [0.1, 0.15) is 0 Å². The molecule has 126 valence electrons. The molecule has 4 rings (SSSR count). The minimum Gasteiger partial charge on any atom is -0.399 e. The number of aromatic amines is 2. The van der Waals surface area contributed by atoms with E-state index in [0.717, 1.165) is 0 Å². The molecule has 7 nitrogen and oxygen atoms in total. The van der Waals surface area contributed by atoms with Crippen LogP contribution in [0.5, 0.6) is 0 Å². The van der Waals surface area contributed by atoms with Crippen LogP contribution < -0.4 is 16.0 Å². The van der Waals surface area contributed by atoms with Crippen molar-refractivity contribution in [1.82, 2.24) is 9.97 Å². The van der Waals surface area contributed by atoms with Crippen molar-refractivity contribution in [2.75, 3.05) is 10.5 Å². The van der Waals surface area contributed by atoms with Gasteiger partial charge in [-0.1, -0.05) is 0 Å². The van der Waals surface area contributed by atoms with Crippen LogP contribution in [0.2, 0.25) is 0 Å². The molecule has 2 heterocycles. The summed E-state index contributed by atoms with van der Waals surface area (Å²) in [7, 11) is -3.77. The fraction of sp³-hybridized carbons (Fsp3) is 0. The molecule has 0 unspecified atom stereocenters. The van der Waals surface area contributed by atoms with E-state index in [4.69, 9.17) is 5.73 Å². The van der Waals surface area contributed by atoms with Crippen molar-refractivity contribution in [2.45, 2.75) is 4.90 Å². The van der Waals surface area contributed by atoms with Gasteiger partial charge in [0.25, 0.3) is 15.6 Å². The lowest BCUT2D eigenvalue weighted by Gasteiger charge is -2.09. The Morgan fingerprint density at radius 2 is 1.72 bits per heavy atom. The van der Waals surface area contributed by atoms with Crippen molar-refractivity contribution < 1.29 is 8.42 Å². The molecule has 25 heavy (non-hydrogen) atoms. The van der Waals surface area contributed by atoms with Gasteiger partial charge >= 0.3 is 0 Å². The second-order valence-corrected chi connectivity index (χ2v) is 7.34. The minimum absolute atomic E-state index is 0.103. The van der Waals surface area contributed by atoms with Crippen molar-refractivity contribution in [2.24, 2.45) is 0 Å². The topological polar surface area (TPSA) is 121 Å². The summed E-state index contributed by atoms with van der Waals surface area (Å²) in [6, 6.07) is 12.7. The number of rotatable bonds is 3. The lowest BCUT2D eigenvalue weighted by molar-refractivity contribution is 0.601. The summed E-state index contributed by atoms with van der Waals surface area (Å²) in [5, 5.41) is 1.32. The van der Waals surface area contributed by atoms with E-state index in [1.165, 1.54) is 6.07 Å². The van der Waals surface area contributed by atoms with Gasteiger partial charge in [-0.3, -0.25) is 9.52 Å². The maximum absolute atomic E-state index is 12.6. The first kappa shape index (κ1) is 15.3. The maximum Gasteiger partial charge on any atom is 0.272 e. The van der Waals surface area contributed by atoms with Crippen LogP contribution in [0.25, 0.3) is 21.8 Å². The highest BCUT2D eigenvalue weighted by molar-refractivity contribution is 7.92. The standard InChI is InChI=1S/C17H14N4O3S/c18-10-1-3-11(4-2-10)21-25(23,24)12-5-6-15-14(9-12)13-7-8-19-16(13)17(22)20-15/h1-9,19,21H,18H2,(H,20,22). The fourth-order valence-corrected chi connectivity index (χ4v) is 3.84. The highest BCUT2D eigenvalue weighted by Gasteiger charge is 2.16. The molecule has 0 aliphatic heterocycles. The average molecular weight is 354 g/mol. The van der Waals surface area contributed by atoms with Crippen molar-refractivity contribution in [3.63, 3.8) is 0 Å². The largest absolute Gasteiger partial charge is 0.399 e. The SMILES string of the molecule is Nc1ccc(NS(=O)(=O)c2ccc3[nH]c(=O)c4[nH]ccc4c3c2)cc1. The van der Waals surface area contributed by atoms with Gasteiger partial charge in [-0.2, -0.15) is 0 Å². The first-order chi connectivity index (χ1) is 11.9. The number of hydrogen-bond donors (Lipinski definition) is 4. The summed E-state index contributed by atoms with van der Waals surface area (Å²) < 4.78 is 27.8. The van der Waals surface area contributed by atoms with Crippen LogP contribution in [-0.2, 0) is 10.0 Å². The smallest absolute Gasteiger partial charge is 0.272 e. The zero-order valence-electron chi connectivity index (χ0n) is 12.9. The summed E-state index contributed by atoms with van der Waals surface area (Å²) in [4.78, 5) is 17.7. The number of H-pyrrole nitrogens is 2. The van der Waals surface area contributed by atoms with Crippen LogP contribution >= 0.6 is 0 Å². The molecule has 2 aromatic heterocycles. The van der Waals surface area contributed by atoms with Gasteiger partial charge < -0.3 is 15.7 Å². The number of nitrogens with one attached hydrogen (secondary N) is 3. The van der Waals surface area contributed by atoms with Gasteiger partial charge in [0.05, 0.1) is 4.90 Å². The number of fused-ring (bicyclic) bond motifs is 3. The number of nitrogen functional groups attached to an aromatic ring is 1. The quantitative estimate of drug-likeness (QED) is 0.422. The van der Waals surface area contributed by atoms with Gasteiger partial charge in [-0.05, 0) is 48.5 Å². The summed E-state index contributed by atoms with van der Waals surface area (Å²) in [5.41, 5.74) is 7.31. The predicted molar refractivity (Wildman–Crippen MR) is 98.1 cm³/mol. The summed E-state index contributed by atoms with van der Waals surface area (Å²) >= 11 is 0. The second kappa shape index (κ2) is 5.38. The van der Waals surface area contributed by atoms with Crippen LogP contribution in [0.4, 0.5) is 11.4 Å². The lowest BCUT2D eigenvalue weighted by Crippen LogP contribution is -2.13. The van der Waals surface area contributed by atoms with Crippen LogP contribution in [-0.4, -0.2) is 18.4 Å². The Labute approximate surface area is 142 Å². The van der Waals surface area contributed by atoms with Gasteiger partial charge in [0.15, 0.2) is 0 Å². The third-order valence-electron chi connectivity index (χ3n) is 3.98. The molecular formula is C17H14N4O3S. The van der Waals surface area contributed by atoms with Gasteiger partial charge in [0.2, 0.25) is 0 Å². The molecule has 0 atom stereocenters. The van der Waals surface area contributed by atoms with E-state index in [-0.39, 0.29) is 10.5 Å². The van der Waals surface area contributed by atoms with E-state index in [9.17, 15) is 13.2 Å². The molecule has 0 radical (unpaired) electrons. The number of anilines is 2. The van der Waals surface area contributed by atoms with Gasteiger partial charge in [0, 0.05) is 33.9 Å². The second-order valence-electron chi connectivity index (χ2n) is 5.66. The molecule has 0 spiro atoms. The Hall–Kier alpha value is -3.26. The normalized spacial score (nSPS) is 11.8. The van der Waals surface area contributed by atoms with E-state index in [0.29, 0.717) is 33.2 Å². The lowest BCUT2D eigenvalue weighted by atomic mass is 10.1. The van der Waals surface area contributed by atoms with Crippen molar-refractivity contribution in [3.05, 3.63) is 65.1 Å². The summed E-state index contributed by atoms with van der Waals surface area (Å²) in [6.45, 7) is 0. The van der Waals surface area contributed by atoms with Crippen molar-refractivity contribution in [1.29, 1.82) is 0 Å². The summed E-state index contributed by atoms with van der Waals surface area (Å²) in [6.07, 6.45) is 1.65. The maximum atomic E-state index is 12.6. The molecule has 8 heteroatoms. The highest BCUT2D eigenvalue weighted by Crippen LogP contribution is 2.25. The Morgan fingerprint density at radius 1 is 0.960 bits per heavy atom. The predicted octanol–water partition coefficient (Wildman–Crippen LogP) is 2.39. The first-order valence-corrected chi connectivity index (χ1v) is 8.94. The fourth-order valence-electron chi connectivity index (χ4n) is 2.75. The Morgan fingerprint density at radius 3 is 2.48 bits per heavy atom. The third kappa shape index (κ3) is 2.62. The van der Waals surface area contributed by atoms with E-state index in [2.05, 4.69) is 14.7 Å². The summed E-state index contributed by atoms with van der Waals surface area (Å²) in [5.74, 6) is 0. The van der Waals surface area contributed by atoms with E-state index in [1.807, 2.05) is 0 Å². The van der Waals surface area contributed by atoms with Crippen LogP contribution in [0.15, 0.2) is 64.4 Å². The van der Waals surface area contributed by atoms with E-state index >= 15 is 0 Å². The highest BCUT2D eigenvalue weighted by atomic mass is 32.2. The molecule has 0 aliphatic rings. The molecule has 0 aliphatic carbocycles. The van der Waals surface area contributed by atoms with E-state index < -0.39 is 10.0 Å². The number of sulfonamides is 1. The molecule has 0 saturated carbocycles. The Balaban J connectivity index is 1.84. The number of nitrogens with two attached hydrogens (primary N) is 1. The average Bonchev–Trinajstić information content (AvgIpc) is 3.07. The number of aromatic nitrogens is 2. The van der Waals surface area contributed by atoms with Gasteiger partial charge in [0.1, 0.15) is 5.52 Å². The van der Waals surface area contributed by atoms with Gasteiger partial charge in [-0.15, -0.1) is 0 Å². The number of hydrogen-bond acceptors (Lipinski definition) is 4. The number of benzene rings is 2.